The van der Waals surface area contributed by atoms with E-state index in [9.17, 15) is 9.59 Å². The lowest BCUT2D eigenvalue weighted by molar-refractivity contribution is -0.128. The molecule has 2 heteroatoms. The van der Waals surface area contributed by atoms with E-state index < -0.39 is 5.41 Å². The standard InChI is InChI=1S/C15H22O2/c1-5-8-11(2)15(3,4)14(17)12-9-6-7-10-13(12)16/h6-7,9,11H,5,8,10H2,1-4H3. The van der Waals surface area contributed by atoms with Gasteiger partial charge in [-0.15, -0.1) is 0 Å². The Hall–Kier alpha value is -1.18. The Balaban J connectivity index is 2.91. The topological polar surface area (TPSA) is 34.1 Å². The van der Waals surface area contributed by atoms with Gasteiger partial charge in [0.1, 0.15) is 0 Å². The van der Waals surface area contributed by atoms with Gasteiger partial charge in [-0.2, -0.15) is 0 Å². The third-order valence-electron chi connectivity index (χ3n) is 3.79. The number of rotatable bonds is 5. The summed E-state index contributed by atoms with van der Waals surface area (Å²) < 4.78 is 0. The lowest BCUT2D eigenvalue weighted by Crippen LogP contribution is -2.35. The lowest BCUT2D eigenvalue weighted by Gasteiger charge is -2.31. The fourth-order valence-electron chi connectivity index (χ4n) is 2.11. The summed E-state index contributed by atoms with van der Waals surface area (Å²) in [5.74, 6) is 0.238. The fourth-order valence-corrected chi connectivity index (χ4v) is 2.11. The zero-order valence-corrected chi connectivity index (χ0v) is 11.2. The van der Waals surface area contributed by atoms with Crippen LogP contribution in [0.5, 0.6) is 0 Å². The molecule has 0 bridgehead atoms. The van der Waals surface area contributed by atoms with Crippen molar-refractivity contribution in [3.05, 3.63) is 23.8 Å². The third-order valence-corrected chi connectivity index (χ3v) is 3.79. The van der Waals surface area contributed by atoms with Gasteiger partial charge in [-0.05, 0) is 12.0 Å². The minimum absolute atomic E-state index is 0.00667. The van der Waals surface area contributed by atoms with Gasteiger partial charge in [0.15, 0.2) is 11.6 Å². The van der Waals surface area contributed by atoms with E-state index in [0.29, 0.717) is 17.9 Å². The molecule has 0 heterocycles. The van der Waals surface area contributed by atoms with Gasteiger partial charge in [-0.25, -0.2) is 0 Å². The number of Topliss-reactive ketones (excluding diaryl/α,β-unsaturated/α-hetero) is 2. The highest BCUT2D eigenvalue weighted by Gasteiger charge is 2.37. The molecule has 0 aromatic rings. The summed E-state index contributed by atoms with van der Waals surface area (Å²) in [6.07, 6.45) is 7.68. The second kappa shape index (κ2) is 5.44. The number of hydrogen-bond acceptors (Lipinski definition) is 2. The van der Waals surface area contributed by atoms with Crippen LogP contribution in [0, 0.1) is 11.3 Å². The second-order valence-electron chi connectivity index (χ2n) is 5.38. The molecule has 1 atom stereocenters. The van der Waals surface area contributed by atoms with Gasteiger partial charge in [-0.3, -0.25) is 9.59 Å². The van der Waals surface area contributed by atoms with Gasteiger partial charge in [0, 0.05) is 11.8 Å². The first-order valence-corrected chi connectivity index (χ1v) is 6.36. The van der Waals surface area contributed by atoms with Gasteiger partial charge in [0.05, 0.1) is 5.57 Å². The van der Waals surface area contributed by atoms with Crippen molar-refractivity contribution in [1.29, 1.82) is 0 Å². The minimum atomic E-state index is -0.456. The average molecular weight is 234 g/mol. The van der Waals surface area contributed by atoms with Crippen molar-refractivity contribution in [3.63, 3.8) is 0 Å². The molecule has 94 valence electrons. The summed E-state index contributed by atoms with van der Waals surface area (Å²) in [4.78, 5) is 24.1. The molecule has 0 aromatic heterocycles. The van der Waals surface area contributed by atoms with Gasteiger partial charge in [-0.1, -0.05) is 52.7 Å². The van der Waals surface area contributed by atoms with Crippen LogP contribution in [0.15, 0.2) is 23.8 Å². The number of carbonyl (C=O) groups excluding carboxylic acids is 2. The zero-order chi connectivity index (χ0) is 13.1. The van der Waals surface area contributed by atoms with Crippen LogP contribution >= 0.6 is 0 Å². The van der Waals surface area contributed by atoms with E-state index in [1.807, 2.05) is 13.8 Å². The molecule has 0 radical (unpaired) electrons. The van der Waals surface area contributed by atoms with Crippen molar-refractivity contribution in [2.75, 3.05) is 0 Å². The first-order valence-electron chi connectivity index (χ1n) is 6.36. The van der Waals surface area contributed by atoms with E-state index in [0.717, 1.165) is 12.8 Å². The van der Waals surface area contributed by atoms with Crippen LogP contribution in [0.2, 0.25) is 0 Å². The van der Waals surface area contributed by atoms with Crippen molar-refractivity contribution >= 4 is 11.6 Å². The average Bonchev–Trinajstić information content (AvgIpc) is 2.29. The quantitative estimate of drug-likeness (QED) is 0.682. The van der Waals surface area contributed by atoms with Gasteiger partial charge in [0.25, 0.3) is 0 Å². The Morgan fingerprint density at radius 1 is 1.47 bits per heavy atom. The molecule has 1 aliphatic rings. The SMILES string of the molecule is CCCC(C)C(C)(C)C(=O)C1=CC=CCC1=O. The Labute approximate surface area is 104 Å². The molecular weight excluding hydrogens is 212 g/mol. The molecule has 2 nitrogen and oxygen atoms in total. The number of allylic oxidation sites excluding steroid dienone is 4. The number of carbonyl (C=O) groups is 2. The molecule has 0 saturated carbocycles. The van der Waals surface area contributed by atoms with E-state index in [1.54, 1.807) is 18.2 Å². The summed E-state index contributed by atoms with van der Waals surface area (Å²) in [5, 5.41) is 0. The van der Waals surface area contributed by atoms with Gasteiger partial charge >= 0.3 is 0 Å². The lowest BCUT2D eigenvalue weighted by atomic mass is 9.71. The Morgan fingerprint density at radius 3 is 2.65 bits per heavy atom. The highest BCUT2D eigenvalue weighted by atomic mass is 16.1. The van der Waals surface area contributed by atoms with E-state index >= 15 is 0 Å². The maximum atomic E-state index is 12.4. The highest BCUT2D eigenvalue weighted by molar-refractivity contribution is 6.22. The fraction of sp³-hybridized carbons (Fsp3) is 0.600. The number of ketones is 2. The molecule has 0 N–H and O–H groups in total. The molecule has 17 heavy (non-hydrogen) atoms. The molecule has 0 saturated heterocycles. The van der Waals surface area contributed by atoms with Crippen molar-refractivity contribution in [2.45, 2.75) is 47.0 Å². The van der Waals surface area contributed by atoms with Crippen LogP contribution in [0.1, 0.15) is 47.0 Å². The van der Waals surface area contributed by atoms with Gasteiger partial charge in [0.2, 0.25) is 0 Å². The van der Waals surface area contributed by atoms with E-state index in [-0.39, 0.29) is 11.6 Å². The molecule has 1 rings (SSSR count). The van der Waals surface area contributed by atoms with Crippen LogP contribution in [-0.2, 0) is 9.59 Å². The molecule has 1 aliphatic carbocycles. The molecule has 0 amide bonds. The van der Waals surface area contributed by atoms with Gasteiger partial charge < -0.3 is 0 Å². The van der Waals surface area contributed by atoms with E-state index in [1.165, 1.54) is 0 Å². The first-order chi connectivity index (χ1) is 7.91. The second-order valence-corrected chi connectivity index (χ2v) is 5.38. The maximum absolute atomic E-state index is 12.4. The smallest absolute Gasteiger partial charge is 0.172 e. The molecule has 0 fully saturated rings. The monoisotopic (exact) mass is 234 g/mol. The van der Waals surface area contributed by atoms with Crippen LogP contribution in [-0.4, -0.2) is 11.6 Å². The highest BCUT2D eigenvalue weighted by Crippen LogP contribution is 2.34. The molecule has 0 aromatic carbocycles. The summed E-state index contributed by atoms with van der Waals surface area (Å²) in [7, 11) is 0. The summed E-state index contributed by atoms with van der Waals surface area (Å²) in [6.45, 7) is 8.10. The largest absolute Gasteiger partial charge is 0.294 e. The summed E-state index contributed by atoms with van der Waals surface area (Å²) in [5.41, 5.74) is -0.0803. The molecule has 0 spiro atoms. The number of hydrogen-bond donors (Lipinski definition) is 0. The van der Waals surface area contributed by atoms with Crippen LogP contribution in [0.4, 0.5) is 0 Å². The normalized spacial score (nSPS) is 17.9. The molecule has 0 aliphatic heterocycles. The van der Waals surface area contributed by atoms with E-state index in [2.05, 4.69) is 13.8 Å². The van der Waals surface area contributed by atoms with Crippen molar-refractivity contribution in [3.8, 4) is 0 Å². The van der Waals surface area contributed by atoms with Crippen LogP contribution in [0.25, 0.3) is 0 Å². The Morgan fingerprint density at radius 2 is 2.12 bits per heavy atom. The molecule has 1 unspecified atom stereocenters. The van der Waals surface area contributed by atoms with Crippen molar-refractivity contribution in [1.82, 2.24) is 0 Å². The molecular formula is C15H22O2. The van der Waals surface area contributed by atoms with Crippen LogP contribution in [0.3, 0.4) is 0 Å². The Bertz CT molecular complexity index is 372. The first kappa shape index (κ1) is 13.9. The predicted molar refractivity (Wildman–Crippen MR) is 69.7 cm³/mol. The van der Waals surface area contributed by atoms with Crippen molar-refractivity contribution in [2.24, 2.45) is 11.3 Å². The summed E-state index contributed by atoms with van der Waals surface area (Å²) in [6, 6.07) is 0. The van der Waals surface area contributed by atoms with E-state index in [4.69, 9.17) is 0 Å². The minimum Gasteiger partial charge on any atom is -0.294 e. The maximum Gasteiger partial charge on any atom is 0.172 e. The zero-order valence-electron chi connectivity index (χ0n) is 11.2. The van der Waals surface area contributed by atoms with Crippen LogP contribution < -0.4 is 0 Å². The predicted octanol–water partition coefficient (Wildman–Crippen LogP) is 3.47. The Kier molecular flexibility index (Phi) is 4.44. The summed E-state index contributed by atoms with van der Waals surface area (Å²) >= 11 is 0. The van der Waals surface area contributed by atoms with Crippen molar-refractivity contribution < 1.29 is 9.59 Å². The third kappa shape index (κ3) is 2.93.